The van der Waals surface area contributed by atoms with Gasteiger partial charge in [0.2, 0.25) is 0 Å². The van der Waals surface area contributed by atoms with Crippen molar-refractivity contribution in [1.82, 2.24) is 0 Å². The van der Waals surface area contributed by atoms with Gasteiger partial charge in [-0.1, -0.05) is 73.0 Å². The monoisotopic (exact) mass is 250 g/mol. The van der Waals surface area contributed by atoms with Crippen molar-refractivity contribution < 1.29 is 0 Å². The van der Waals surface area contributed by atoms with Gasteiger partial charge in [-0.05, 0) is 23.7 Å². The molecule has 0 saturated heterocycles. The molecule has 0 aromatic carbocycles. The van der Waals surface area contributed by atoms with E-state index in [2.05, 4.69) is 66.9 Å². The van der Waals surface area contributed by atoms with Crippen LogP contribution in [0.15, 0.2) is 25.3 Å². The summed E-state index contributed by atoms with van der Waals surface area (Å²) in [6, 6.07) is 0. The highest BCUT2D eigenvalue weighted by Crippen LogP contribution is 2.45. The molecule has 0 heterocycles. The average Bonchev–Trinajstić information content (AvgIpc) is 2.20. The highest BCUT2D eigenvalue weighted by molar-refractivity contribution is 5.12. The van der Waals surface area contributed by atoms with Crippen LogP contribution in [0.4, 0.5) is 0 Å². The van der Waals surface area contributed by atoms with E-state index in [1.807, 2.05) is 0 Å². The molecule has 18 heavy (non-hydrogen) atoms. The molecular weight excluding hydrogens is 216 g/mol. The number of hydrogen-bond acceptors (Lipinski definition) is 0. The average molecular weight is 250 g/mol. The molecule has 0 amide bonds. The Bertz CT molecular complexity index is 249. The van der Waals surface area contributed by atoms with Gasteiger partial charge in [0.25, 0.3) is 0 Å². The molecule has 0 unspecified atom stereocenters. The van der Waals surface area contributed by atoms with Gasteiger partial charge < -0.3 is 0 Å². The van der Waals surface area contributed by atoms with Crippen molar-refractivity contribution in [2.75, 3.05) is 0 Å². The van der Waals surface area contributed by atoms with Crippen LogP contribution in [-0.2, 0) is 0 Å². The van der Waals surface area contributed by atoms with Crippen molar-refractivity contribution in [3.63, 3.8) is 0 Å². The van der Waals surface area contributed by atoms with E-state index in [0.29, 0.717) is 5.41 Å². The third-order valence-electron chi connectivity index (χ3n) is 4.14. The van der Waals surface area contributed by atoms with Gasteiger partial charge in [0.05, 0.1) is 0 Å². The summed E-state index contributed by atoms with van der Waals surface area (Å²) in [5, 5.41) is 0. The van der Waals surface area contributed by atoms with Gasteiger partial charge >= 0.3 is 0 Å². The topological polar surface area (TPSA) is 0 Å². The summed E-state index contributed by atoms with van der Waals surface area (Å²) >= 11 is 0. The minimum absolute atomic E-state index is 0.0781. The lowest BCUT2D eigenvalue weighted by molar-refractivity contribution is 0.185. The first kappa shape index (κ1) is 17.5. The molecule has 0 aromatic heterocycles. The molecule has 0 heteroatoms. The van der Waals surface area contributed by atoms with Crippen LogP contribution < -0.4 is 0 Å². The lowest BCUT2D eigenvalue weighted by Gasteiger charge is -2.40. The Morgan fingerprint density at radius 3 is 1.50 bits per heavy atom. The zero-order valence-electron chi connectivity index (χ0n) is 13.6. The van der Waals surface area contributed by atoms with Gasteiger partial charge in [0, 0.05) is 5.41 Å². The lowest BCUT2D eigenvalue weighted by atomic mass is 9.64. The van der Waals surface area contributed by atoms with Crippen LogP contribution in [0.3, 0.4) is 0 Å². The number of allylic oxidation sites excluding steroid dienone is 2. The standard InChI is InChI=1S/C18H34/c1-9-18(10-2,17(6,7)8)15-13-11-12-14-16(3,4)5/h9-10H,1-2,11-15H2,3-8H3. The van der Waals surface area contributed by atoms with E-state index in [1.165, 1.54) is 32.1 Å². The molecule has 0 N–H and O–H groups in total. The Balaban J connectivity index is 4.24. The smallest absolute Gasteiger partial charge is 0.0104 e. The van der Waals surface area contributed by atoms with E-state index in [0.717, 1.165) is 0 Å². The normalized spacial score (nSPS) is 13.4. The van der Waals surface area contributed by atoms with E-state index in [4.69, 9.17) is 0 Å². The summed E-state index contributed by atoms with van der Waals surface area (Å²) in [6.07, 6.45) is 10.6. The van der Waals surface area contributed by atoms with Gasteiger partial charge in [-0.15, -0.1) is 13.2 Å². The van der Waals surface area contributed by atoms with E-state index in [1.54, 1.807) is 0 Å². The van der Waals surface area contributed by atoms with E-state index >= 15 is 0 Å². The van der Waals surface area contributed by atoms with Gasteiger partial charge in [-0.2, -0.15) is 0 Å². The van der Waals surface area contributed by atoms with Gasteiger partial charge in [-0.25, -0.2) is 0 Å². The Morgan fingerprint density at radius 2 is 1.17 bits per heavy atom. The zero-order valence-corrected chi connectivity index (χ0v) is 13.6. The first-order chi connectivity index (χ1) is 8.08. The number of rotatable bonds is 7. The molecule has 0 fully saturated rings. The maximum atomic E-state index is 4.04. The van der Waals surface area contributed by atoms with Crippen molar-refractivity contribution in [3.05, 3.63) is 25.3 Å². The van der Waals surface area contributed by atoms with Crippen molar-refractivity contribution in [2.24, 2.45) is 16.2 Å². The van der Waals surface area contributed by atoms with Gasteiger partial charge in [0.15, 0.2) is 0 Å². The largest absolute Gasteiger partial charge is 0.102 e. The van der Waals surface area contributed by atoms with Crippen LogP contribution in [-0.4, -0.2) is 0 Å². The summed E-state index contributed by atoms with van der Waals surface area (Å²) in [6.45, 7) is 21.9. The molecule has 0 bridgehead atoms. The highest BCUT2D eigenvalue weighted by Gasteiger charge is 2.35. The summed E-state index contributed by atoms with van der Waals surface area (Å²) in [7, 11) is 0. The van der Waals surface area contributed by atoms with Crippen molar-refractivity contribution in [2.45, 2.75) is 73.6 Å². The predicted molar refractivity (Wildman–Crippen MR) is 84.8 cm³/mol. The molecule has 0 aliphatic carbocycles. The SMILES string of the molecule is C=CC(C=C)(CCCCCC(C)(C)C)C(C)(C)C. The second kappa shape index (κ2) is 6.59. The fourth-order valence-corrected chi connectivity index (χ4v) is 2.52. The molecule has 0 saturated carbocycles. The molecule has 0 aliphatic rings. The first-order valence-electron chi connectivity index (χ1n) is 7.35. The van der Waals surface area contributed by atoms with Crippen molar-refractivity contribution >= 4 is 0 Å². The third kappa shape index (κ3) is 5.42. The lowest BCUT2D eigenvalue weighted by Crippen LogP contribution is -2.31. The second-order valence-corrected chi connectivity index (χ2v) is 7.82. The maximum Gasteiger partial charge on any atom is 0.0104 e. The van der Waals surface area contributed by atoms with Gasteiger partial charge in [-0.3, -0.25) is 0 Å². The predicted octanol–water partition coefficient (Wildman–Crippen LogP) is 6.39. The Labute approximate surface area is 116 Å². The van der Waals surface area contributed by atoms with Crippen LogP contribution in [0.2, 0.25) is 0 Å². The molecular formula is C18H34. The zero-order chi connectivity index (χ0) is 14.4. The molecule has 0 rings (SSSR count). The molecule has 0 aromatic rings. The quantitative estimate of drug-likeness (QED) is 0.363. The van der Waals surface area contributed by atoms with E-state index in [-0.39, 0.29) is 10.8 Å². The Kier molecular flexibility index (Phi) is 6.40. The summed E-state index contributed by atoms with van der Waals surface area (Å²) in [4.78, 5) is 0. The Morgan fingerprint density at radius 1 is 0.722 bits per heavy atom. The minimum atomic E-state index is 0.0781. The van der Waals surface area contributed by atoms with Crippen LogP contribution in [0.5, 0.6) is 0 Å². The molecule has 0 atom stereocenters. The van der Waals surface area contributed by atoms with Crippen LogP contribution >= 0.6 is 0 Å². The minimum Gasteiger partial charge on any atom is -0.102 e. The molecule has 0 aliphatic heterocycles. The number of unbranched alkanes of at least 4 members (excludes halogenated alkanes) is 2. The second-order valence-electron chi connectivity index (χ2n) is 7.82. The Hall–Kier alpha value is -0.520. The first-order valence-corrected chi connectivity index (χ1v) is 7.35. The van der Waals surface area contributed by atoms with Crippen molar-refractivity contribution in [1.29, 1.82) is 0 Å². The van der Waals surface area contributed by atoms with E-state index in [9.17, 15) is 0 Å². The van der Waals surface area contributed by atoms with E-state index < -0.39 is 0 Å². The molecule has 0 nitrogen and oxygen atoms in total. The maximum absolute atomic E-state index is 4.04. The fraction of sp³-hybridized carbons (Fsp3) is 0.778. The fourth-order valence-electron chi connectivity index (χ4n) is 2.52. The number of hydrogen-bond donors (Lipinski definition) is 0. The molecule has 0 radical (unpaired) electrons. The van der Waals surface area contributed by atoms with Crippen LogP contribution in [0.25, 0.3) is 0 Å². The highest BCUT2D eigenvalue weighted by atomic mass is 14.4. The molecule has 106 valence electrons. The van der Waals surface area contributed by atoms with Crippen molar-refractivity contribution in [3.8, 4) is 0 Å². The van der Waals surface area contributed by atoms with Crippen LogP contribution in [0.1, 0.15) is 73.6 Å². The van der Waals surface area contributed by atoms with Crippen LogP contribution in [0, 0.1) is 16.2 Å². The summed E-state index contributed by atoms with van der Waals surface area (Å²) < 4.78 is 0. The molecule has 0 spiro atoms. The summed E-state index contributed by atoms with van der Waals surface area (Å²) in [5.74, 6) is 0. The summed E-state index contributed by atoms with van der Waals surface area (Å²) in [5.41, 5.74) is 0.757. The van der Waals surface area contributed by atoms with Gasteiger partial charge in [0.1, 0.15) is 0 Å². The third-order valence-corrected chi connectivity index (χ3v) is 4.14.